The van der Waals surface area contributed by atoms with Crippen LogP contribution in [0.5, 0.6) is 0 Å². The number of carbonyl (C=O) groups excluding carboxylic acids is 9. The third-order valence-corrected chi connectivity index (χ3v) is 19.9. The Labute approximate surface area is 892 Å². The highest BCUT2D eigenvalue weighted by Gasteiger charge is 2.30. The predicted octanol–water partition coefficient (Wildman–Crippen LogP) is 29.0. The molecule has 2 aromatic carbocycles. The van der Waals surface area contributed by atoms with E-state index in [1.165, 1.54) is 128 Å². The van der Waals surface area contributed by atoms with Crippen LogP contribution in [0.25, 0.3) is 0 Å². The molecular weight excluding hydrogens is 1800 g/mol. The molecule has 2 aliphatic carbocycles. The van der Waals surface area contributed by atoms with Gasteiger partial charge in [0.1, 0.15) is 28.6 Å². The van der Waals surface area contributed by atoms with Crippen molar-refractivity contribution in [3.63, 3.8) is 0 Å². The quantitative estimate of drug-likeness (QED) is 0.0167. The van der Waals surface area contributed by atoms with E-state index in [2.05, 4.69) is 244 Å². The summed E-state index contributed by atoms with van der Waals surface area (Å²) in [7, 11) is 0. The maximum absolute atomic E-state index is 11.5. The van der Waals surface area contributed by atoms with Crippen LogP contribution >= 0.6 is 0 Å². The molecule has 22 nitrogen and oxygen atoms in total. The van der Waals surface area contributed by atoms with Crippen molar-refractivity contribution in [1.82, 2.24) is 26.6 Å². The van der Waals surface area contributed by atoms with Gasteiger partial charge in [0, 0.05) is 54.9 Å². The molecule has 0 bridgehead atoms. The molecule has 5 amide bonds. The number of benzene rings is 2. The molecule has 856 valence electrons. The van der Waals surface area contributed by atoms with Gasteiger partial charge in [-0.05, 0) is 204 Å². The Kier molecular flexibility index (Phi) is 111. The lowest BCUT2D eigenvalue weighted by atomic mass is 9.83. The van der Waals surface area contributed by atoms with E-state index in [4.69, 9.17) is 42.9 Å². The monoisotopic (exact) mass is 2040 g/mol. The number of rotatable bonds is 44. The molecule has 15 N–H and O–H groups in total. The third kappa shape index (κ3) is 140. The van der Waals surface area contributed by atoms with Gasteiger partial charge >= 0.3 is 17.9 Å². The second-order valence-corrected chi connectivity index (χ2v) is 48.1. The summed E-state index contributed by atoms with van der Waals surface area (Å²) >= 11 is 0. The molecule has 5 atom stereocenters. The molecule has 0 radical (unpaired) electrons. The minimum absolute atomic E-state index is 0.0369. The lowest BCUT2D eigenvalue weighted by Gasteiger charge is -2.30. The standard InChI is InChI=1S/C13H26N2O3.C12H24N2O3.C11H22N2O3.C11H22N2O.C11H16N2O.C10H14.C8H18.C7H14O.C7H14.2C7H16.C6H14.C5H12.C4H10.C3H8/c1-9(2)15-10(12(14)17)7-6-8-11(16)18-13(3,4)5;1-8(2)14-9(11(13)16)6-7-10(15)17-12(3,4)5;1-7(2)13-8(10(12)15)6-9(14)16-11(3,4)5;2*1-8(2)13-10(11(12)14)9-6-4-3-5-7-9;1-9(2)8-10-6-4-3-5-7-10;1-4-5-6-7-8(2)3;1-5(2)7(8)6(3)4;1-6(2)5-7-3-4-7;1-6(2)5-7(3)4;1-4-5-6-7(2)3;1-4-5-6(2)3;1-4-5(2)3;1-4(2)3;1-3-2/h9-10,15H,6-8H2,1-5H3,(H2,14,17);8-9,14H,6-7H2,1-5H3,(H2,13,16);7-8,13H,6H2,1-5H3,(H2,12,15);8-10,13H,3-7H2,1-2H3,(H2,12,14);3-8,10,13H,1-2H3,(H2,12,14);3-7,9H,8H2,1-2H3;8H,4-7H2,1-3H3;5-6H,1-4H3;6-7H,3-5H2,1-2H3;6-7H,5H2,1-4H3;7H,4-6H2,1-3H3;6H,4-5H2,1-3H3;5H,4H2,1-3H3;4H,1-3H3;3H2,1-2H3/t10-;9-;8-;2*10-;;;;;;;;;;/m00000........../s1. The summed E-state index contributed by atoms with van der Waals surface area (Å²) in [5, 5.41) is 15.4. The lowest BCUT2D eigenvalue weighted by Crippen LogP contribution is -2.49. The summed E-state index contributed by atoms with van der Waals surface area (Å²) in [5.41, 5.74) is 27.3. The second kappa shape index (κ2) is 99.9. The number of hydrogen-bond donors (Lipinski definition) is 10. The number of amides is 5. The van der Waals surface area contributed by atoms with Crippen LogP contribution in [-0.2, 0) is 63.8 Å². The Bertz CT molecular complexity index is 3220. The highest BCUT2D eigenvalue weighted by atomic mass is 16.6. The number of carbonyl (C=O) groups is 9. The minimum atomic E-state index is -0.671. The van der Waals surface area contributed by atoms with Crippen molar-refractivity contribution in [3.8, 4) is 0 Å². The van der Waals surface area contributed by atoms with E-state index in [0.717, 1.165) is 77.6 Å². The van der Waals surface area contributed by atoms with Crippen molar-refractivity contribution in [1.29, 1.82) is 0 Å². The molecule has 0 aliphatic heterocycles. The van der Waals surface area contributed by atoms with Crippen molar-refractivity contribution in [2.45, 2.75) is 583 Å². The SMILES string of the molecule is CC(C)C.CC(C)C(=O)C(C)C.CC(C)CC(C)C.CC(C)CC1CC1.CC(C)Cc1ccccc1.CC(C)N[C@@H](CC(=O)OC(C)(C)C)C(N)=O.CC(C)N[C@@H](CCC(=O)OC(C)(C)C)C(N)=O.CC(C)N[C@@H](CCCC(=O)OC(C)(C)C)C(N)=O.CC(C)N[C@H](C(N)=O)C1CCCCC1.CC(C)N[C@H](C(N)=O)c1ccccc1.CCC.CCC(C)C.CCCC(C)C.CCCCC(C)C.CCCCCC(C)C. The summed E-state index contributed by atoms with van der Waals surface area (Å²) in [4.78, 5) is 101. The van der Waals surface area contributed by atoms with Gasteiger partial charge in [-0.3, -0.25) is 48.5 Å². The van der Waals surface area contributed by atoms with E-state index >= 15 is 0 Å². The fourth-order valence-electron chi connectivity index (χ4n) is 13.4. The number of unbranched alkanes of at least 4 members (excludes halogenated alkanes) is 3. The zero-order valence-electron chi connectivity index (χ0n) is 103. The zero-order valence-corrected chi connectivity index (χ0v) is 103. The molecule has 144 heavy (non-hydrogen) atoms. The van der Waals surface area contributed by atoms with Crippen LogP contribution < -0.4 is 55.3 Å². The van der Waals surface area contributed by atoms with Crippen LogP contribution in [0.15, 0.2) is 60.7 Å². The Morgan fingerprint density at radius 3 is 0.944 bits per heavy atom. The van der Waals surface area contributed by atoms with Gasteiger partial charge in [-0.15, -0.1) is 0 Å². The molecule has 0 spiro atoms. The number of ether oxygens (including phenoxy) is 3. The maximum Gasteiger partial charge on any atom is 0.308 e. The minimum Gasteiger partial charge on any atom is -0.460 e. The van der Waals surface area contributed by atoms with Gasteiger partial charge < -0.3 is 64.1 Å². The summed E-state index contributed by atoms with van der Waals surface area (Å²) in [5.74, 6) is 7.35. The Morgan fingerprint density at radius 1 is 0.340 bits per heavy atom. The highest BCUT2D eigenvalue weighted by molar-refractivity contribution is 5.86. The molecule has 0 unspecified atom stereocenters. The first kappa shape index (κ1) is 160. The maximum atomic E-state index is 11.5. The molecule has 0 heterocycles. The van der Waals surface area contributed by atoms with Crippen molar-refractivity contribution in [2.24, 2.45) is 106 Å². The van der Waals surface area contributed by atoms with Crippen LogP contribution in [0.4, 0.5) is 0 Å². The average Bonchev–Trinajstić information content (AvgIpc) is 1.58. The van der Waals surface area contributed by atoms with E-state index in [1.54, 1.807) is 20.8 Å². The number of primary amides is 5. The molecule has 2 fully saturated rings. The van der Waals surface area contributed by atoms with E-state index in [0.29, 0.717) is 43.4 Å². The van der Waals surface area contributed by atoms with E-state index in [1.807, 2.05) is 155 Å². The van der Waals surface area contributed by atoms with Crippen molar-refractivity contribution in [2.75, 3.05) is 0 Å². The smallest absolute Gasteiger partial charge is 0.308 e. The summed E-state index contributed by atoms with van der Waals surface area (Å²) in [6.45, 7) is 99.4. The number of nitrogens with one attached hydrogen (secondary N) is 5. The van der Waals surface area contributed by atoms with E-state index in [-0.39, 0.29) is 90.6 Å². The van der Waals surface area contributed by atoms with Gasteiger partial charge in [-0.25, -0.2) is 0 Å². The predicted molar refractivity (Wildman–Crippen MR) is 624 cm³/mol. The van der Waals surface area contributed by atoms with Crippen molar-refractivity contribution < 1.29 is 57.4 Å². The first-order valence-electron chi connectivity index (χ1n) is 56.6. The molecule has 2 aliphatic rings. The van der Waals surface area contributed by atoms with Crippen LogP contribution in [0, 0.1) is 76.9 Å². The highest BCUT2D eigenvalue weighted by Crippen LogP contribution is 2.35. The number of esters is 3. The van der Waals surface area contributed by atoms with Crippen LogP contribution in [0.2, 0.25) is 0 Å². The molecule has 22 heteroatoms. The zero-order chi connectivity index (χ0) is 115. The fraction of sp³-hybridized carbons (Fsp3) is 0.828. The Balaban J connectivity index is -0.000000149. The van der Waals surface area contributed by atoms with Crippen molar-refractivity contribution in [3.05, 3.63) is 71.8 Å². The lowest BCUT2D eigenvalue weighted by molar-refractivity contribution is -0.157. The molecule has 4 rings (SSSR count). The summed E-state index contributed by atoms with van der Waals surface area (Å²) in [6.07, 6.45) is 30.1. The van der Waals surface area contributed by atoms with Crippen LogP contribution in [0.3, 0.4) is 0 Å². The number of ketones is 1. The molecule has 0 aromatic heterocycles. The van der Waals surface area contributed by atoms with E-state index in [9.17, 15) is 43.2 Å². The number of hydrogen-bond acceptors (Lipinski definition) is 17. The Hall–Kier alpha value is -6.33. The topological polar surface area (TPSA) is 372 Å². The van der Waals surface area contributed by atoms with Gasteiger partial charge in [-0.1, -0.05) is 420 Å². The third-order valence-electron chi connectivity index (χ3n) is 19.9. The van der Waals surface area contributed by atoms with Gasteiger partial charge in [-0.2, -0.15) is 0 Å². The fourth-order valence-corrected chi connectivity index (χ4v) is 13.4. The second-order valence-electron chi connectivity index (χ2n) is 48.1. The first-order valence-corrected chi connectivity index (χ1v) is 56.6. The number of Topliss-reactive ketones (excluding diaryl/α,β-unsaturated/α-hetero) is 1. The molecular formula is C122H246N10O12. The van der Waals surface area contributed by atoms with E-state index < -0.39 is 52.7 Å². The van der Waals surface area contributed by atoms with Crippen molar-refractivity contribution >= 4 is 53.2 Å². The van der Waals surface area contributed by atoms with Gasteiger partial charge in [0.05, 0.1) is 30.6 Å². The number of nitrogens with two attached hydrogens (primary N) is 5. The molecule has 2 aromatic rings. The first-order chi connectivity index (χ1) is 66.0. The largest absolute Gasteiger partial charge is 0.460 e. The van der Waals surface area contributed by atoms with Crippen LogP contribution in [-0.4, -0.2) is 124 Å². The Morgan fingerprint density at radius 2 is 0.688 bits per heavy atom. The van der Waals surface area contributed by atoms with Crippen LogP contribution in [0.1, 0.15) is 516 Å². The van der Waals surface area contributed by atoms with Gasteiger partial charge in [0.2, 0.25) is 29.5 Å². The molecule has 2 saturated carbocycles. The summed E-state index contributed by atoms with van der Waals surface area (Å²) in [6, 6.07) is 19.0. The van der Waals surface area contributed by atoms with Gasteiger partial charge in [0.25, 0.3) is 0 Å². The van der Waals surface area contributed by atoms with Gasteiger partial charge in [0.15, 0.2) is 0 Å². The average molecular weight is 2050 g/mol. The summed E-state index contributed by atoms with van der Waals surface area (Å²) < 4.78 is 15.5. The normalized spacial score (nSPS) is 13.2. The molecule has 0 saturated heterocycles.